The van der Waals surface area contributed by atoms with Crippen molar-refractivity contribution in [2.45, 2.75) is 18.9 Å². The summed E-state index contributed by atoms with van der Waals surface area (Å²) < 4.78 is 10.9. The third-order valence-electron chi connectivity index (χ3n) is 3.70. The van der Waals surface area contributed by atoms with Crippen LogP contribution in [-0.4, -0.2) is 49.6 Å². The number of aliphatic hydroxyl groups excluding tert-OH is 1. The molecule has 1 aliphatic rings. The van der Waals surface area contributed by atoms with Gasteiger partial charge in [0.15, 0.2) is 0 Å². The first-order chi connectivity index (χ1) is 10.2. The van der Waals surface area contributed by atoms with Crippen LogP contribution in [0.25, 0.3) is 0 Å². The van der Waals surface area contributed by atoms with Gasteiger partial charge in [-0.25, -0.2) is 0 Å². The molecule has 5 nitrogen and oxygen atoms in total. The lowest BCUT2D eigenvalue weighted by Gasteiger charge is -2.34. The van der Waals surface area contributed by atoms with Crippen LogP contribution in [0.15, 0.2) is 18.2 Å². The smallest absolute Gasteiger partial charge is 0.120 e. The van der Waals surface area contributed by atoms with Crippen molar-refractivity contribution >= 4 is 22.9 Å². The van der Waals surface area contributed by atoms with Crippen LogP contribution in [0.5, 0.6) is 5.75 Å². The van der Waals surface area contributed by atoms with E-state index in [0.717, 1.165) is 42.9 Å². The number of anilines is 1. The van der Waals surface area contributed by atoms with Gasteiger partial charge in [-0.15, -0.1) is 0 Å². The molecule has 1 fully saturated rings. The molecule has 3 N–H and O–H groups in total. The first-order valence-electron chi connectivity index (χ1n) is 7.11. The van der Waals surface area contributed by atoms with E-state index in [2.05, 4.69) is 4.90 Å². The Bertz CT molecular complexity index is 488. The Hall–Kier alpha value is -1.37. The molecule has 0 atom stereocenters. The SMILES string of the molecule is COc1ccc(C(N)=S)c(N2CCC(OCCO)CC2)c1. The summed E-state index contributed by atoms with van der Waals surface area (Å²) in [4.78, 5) is 2.65. The summed E-state index contributed by atoms with van der Waals surface area (Å²) in [6.45, 7) is 2.22. The van der Waals surface area contributed by atoms with Crippen LogP contribution >= 0.6 is 12.2 Å². The topological polar surface area (TPSA) is 68.0 Å². The van der Waals surface area contributed by atoms with Gasteiger partial charge in [0.2, 0.25) is 0 Å². The van der Waals surface area contributed by atoms with E-state index in [1.165, 1.54) is 0 Å². The number of nitrogens with two attached hydrogens (primary N) is 1. The zero-order valence-electron chi connectivity index (χ0n) is 12.2. The lowest BCUT2D eigenvalue weighted by molar-refractivity contribution is 0.0159. The first-order valence-corrected chi connectivity index (χ1v) is 7.51. The predicted molar refractivity (Wildman–Crippen MR) is 87.2 cm³/mol. The number of ether oxygens (including phenoxy) is 2. The summed E-state index contributed by atoms with van der Waals surface area (Å²) in [6, 6.07) is 5.75. The molecule has 1 aliphatic heterocycles. The van der Waals surface area contributed by atoms with Crippen molar-refractivity contribution in [3.8, 4) is 5.75 Å². The van der Waals surface area contributed by atoms with E-state index < -0.39 is 0 Å². The van der Waals surface area contributed by atoms with Gasteiger partial charge in [0, 0.05) is 24.7 Å². The minimum atomic E-state index is 0.0711. The molecule has 1 heterocycles. The number of nitrogens with zero attached hydrogens (tertiary/aromatic N) is 1. The van der Waals surface area contributed by atoms with Crippen molar-refractivity contribution in [3.63, 3.8) is 0 Å². The Labute approximate surface area is 130 Å². The molecule has 1 aromatic carbocycles. The zero-order valence-corrected chi connectivity index (χ0v) is 13.1. The number of benzene rings is 1. The average molecular weight is 310 g/mol. The van der Waals surface area contributed by atoms with Crippen LogP contribution in [-0.2, 0) is 4.74 Å². The molecule has 0 aromatic heterocycles. The Morgan fingerprint density at radius 3 is 2.71 bits per heavy atom. The van der Waals surface area contributed by atoms with Crippen molar-refractivity contribution in [1.82, 2.24) is 0 Å². The third-order valence-corrected chi connectivity index (χ3v) is 3.92. The number of hydrogen-bond donors (Lipinski definition) is 2. The quantitative estimate of drug-likeness (QED) is 0.772. The monoisotopic (exact) mass is 310 g/mol. The number of methoxy groups -OCH3 is 1. The molecule has 6 heteroatoms. The summed E-state index contributed by atoms with van der Waals surface area (Å²) in [5.74, 6) is 0.795. The standard InChI is InChI=1S/C15H22N2O3S/c1-19-12-2-3-13(15(16)21)14(10-12)17-6-4-11(5-7-17)20-9-8-18/h2-3,10-11,18H,4-9H2,1H3,(H2,16,21). The zero-order chi connectivity index (χ0) is 15.2. The molecule has 21 heavy (non-hydrogen) atoms. The summed E-state index contributed by atoms with van der Waals surface area (Å²) in [5.41, 5.74) is 7.71. The predicted octanol–water partition coefficient (Wildman–Crippen LogP) is 1.31. The Morgan fingerprint density at radius 1 is 1.43 bits per heavy atom. The van der Waals surface area contributed by atoms with E-state index in [1.54, 1.807) is 7.11 Å². The molecule has 116 valence electrons. The van der Waals surface area contributed by atoms with Crippen molar-refractivity contribution < 1.29 is 14.6 Å². The van der Waals surface area contributed by atoms with Gasteiger partial charge in [-0.05, 0) is 25.0 Å². The minimum absolute atomic E-state index is 0.0711. The maximum absolute atomic E-state index is 8.80. The fourth-order valence-corrected chi connectivity index (χ4v) is 2.76. The van der Waals surface area contributed by atoms with Gasteiger partial charge in [0.25, 0.3) is 0 Å². The second-order valence-corrected chi connectivity index (χ2v) is 5.47. The Morgan fingerprint density at radius 2 is 2.14 bits per heavy atom. The number of hydrogen-bond acceptors (Lipinski definition) is 5. The first kappa shape index (κ1) is 16.0. The highest BCUT2D eigenvalue weighted by atomic mass is 32.1. The van der Waals surface area contributed by atoms with Gasteiger partial charge in [-0.3, -0.25) is 0 Å². The van der Waals surface area contributed by atoms with Crippen molar-refractivity contribution in [2.24, 2.45) is 5.73 Å². The second kappa shape index (κ2) is 7.59. The van der Waals surface area contributed by atoms with Crippen LogP contribution in [0.4, 0.5) is 5.69 Å². The lowest BCUT2D eigenvalue weighted by atomic mass is 10.0. The van der Waals surface area contributed by atoms with Gasteiger partial charge in [-0.2, -0.15) is 0 Å². The average Bonchev–Trinajstić information content (AvgIpc) is 2.52. The van der Waals surface area contributed by atoms with Crippen molar-refractivity contribution in [2.75, 3.05) is 38.3 Å². The molecule has 0 saturated carbocycles. The maximum atomic E-state index is 8.80. The van der Waals surface area contributed by atoms with E-state index in [4.69, 9.17) is 32.5 Å². The van der Waals surface area contributed by atoms with Crippen molar-refractivity contribution in [3.05, 3.63) is 23.8 Å². The van der Waals surface area contributed by atoms with E-state index in [1.807, 2.05) is 18.2 Å². The molecule has 1 saturated heterocycles. The Kier molecular flexibility index (Phi) is 5.78. The molecule has 0 aliphatic carbocycles. The van der Waals surface area contributed by atoms with E-state index in [-0.39, 0.29) is 12.7 Å². The van der Waals surface area contributed by atoms with Gasteiger partial charge < -0.3 is 25.2 Å². The molecule has 0 bridgehead atoms. The van der Waals surface area contributed by atoms with Gasteiger partial charge in [-0.1, -0.05) is 12.2 Å². The van der Waals surface area contributed by atoms with Crippen LogP contribution in [0, 0.1) is 0 Å². The number of piperidine rings is 1. The van der Waals surface area contributed by atoms with E-state index in [0.29, 0.717) is 11.6 Å². The highest BCUT2D eigenvalue weighted by Gasteiger charge is 2.22. The molecule has 0 unspecified atom stereocenters. The van der Waals surface area contributed by atoms with Gasteiger partial charge in [0.1, 0.15) is 10.7 Å². The molecule has 0 spiro atoms. The molecule has 2 rings (SSSR count). The van der Waals surface area contributed by atoms with Gasteiger partial charge in [0.05, 0.1) is 32.1 Å². The van der Waals surface area contributed by atoms with Crippen LogP contribution in [0.1, 0.15) is 18.4 Å². The fourth-order valence-electron chi connectivity index (χ4n) is 2.59. The molecular formula is C15H22N2O3S. The lowest BCUT2D eigenvalue weighted by Crippen LogP contribution is -2.38. The minimum Gasteiger partial charge on any atom is -0.497 e. The molecular weight excluding hydrogens is 288 g/mol. The maximum Gasteiger partial charge on any atom is 0.120 e. The van der Waals surface area contributed by atoms with Gasteiger partial charge >= 0.3 is 0 Å². The largest absolute Gasteiger partial charge is 0.497 e. The van der Waals surface area contributed by atoms with Crippen LogP contribution in [0.3, 0.4) is 0 Å². The molecule has 1 aromatic rings. The Balaban J connectivity index is 2.09. The molecule has 0 radical (unpaired) electrons. The van der Waals surface area contributed by atoms with E-state index in [9.17, 15) is 0 Å². The summed E-state index contributed by atoms with van der Waals surface area (Å²) in [7, 11) is 1.65. The van der Waals surface area contributed by atoms with Crippen molar-refractivity contribution in [1.29, 1.82) is 0 Å². The number of thiocarbonyl (C=S) groups is 1. The third kappa shape index (κ3) is 4.06. The summed E-state index contributed by atoms with van der Waals surface area (Å²) >= 11 is 5.14. The van der Waals surface area contributed by atoms with Crippen LogP contribution < -0.4 is 15.4 Å². The second-order valence-electron chi connectivity index (χ2n) is 5.03. The summed E-state index contributed by atoms with van der Waals surface area (Å²) in [6.07, 6.45) is 2.06. The highest BCUT2D eigenvalue weighted by molar-refractivity contribution is 7.80. The highest BCUT2D eigenvalue weighted by Crippen LogP contribution is 2.29. The normalized spacial score (nSPS) is 16.0. The number of rotatable bonds is 6. The van der Waals surface area contributed by atoms with Crippen LogP contribution in [0.2, 0.25) is 0 Å². The molecule has 0 amide bonds. The number of aliphatic hydroxyl groups is 1. The summed E-state index contributed by atoms with van der Waals surface area (Å²) in [5, 5.41) is 8.80. The fraction of sp³-hybridized carbons (Fsp3) is 0.533. The van der Waals surface area contributed by atoms with E-state index >= 15 is 0 Å².